The summed E-state index contributed by atoms with van der Waals surface area (Å²) in [7, 11) is 1.86. The van der Waals surface area contributed by atoms with Crippen molar-refractivity contribution < 1.29 is 19.1 Å². The minimum Gasteiger partial charge on any atom is -0.490 e. The van der Waals surface area contributed by atoms with Gasteiger partial charge < -0.3 is 25.0 Å². The molecule has 0 unspecified atom stereocenters. The van der Waals surface area contributed by atoms with Crippen molar-refractivity contribution in [2.45, 2.75) is 41.5 Å². The normalized spacial score (nSPS) is 10.2. The Morgan fingerprint density at radius 3 is 2.34 bits per heavy atom. The zero-order valence-corrected chi connectivity index (χ0v) is 25.9. The van der Waals surface area contributed by atoms with E-state index in [9.17, 15) is 9.59 Å². The lowest BCUT2D eigenvalue weighted by molar-refractivity contribution is -0.105. The maximum Gasteiger partial charge on any atom is 0.211 e. The van der Waals surface area contributed by atoms with Gasteiger partial charge in [0.05, 0.1) is 11.4 Å². The first-order valence-corrected chi connectivity index (χ1v) is 14.2. The Hall–Kier alpha value is -3.88. The van der Waals surface area contributed by atoms with E-state index in [-0.39, 0.29) is 5.78 Å². The molecular formula is C32H43ClN4O4. The number of ketones is 1. The molecule has 0 radical (unpaired) electrons. The highest BCUT2D eigenvalue weighted by Crippen LogP contribution is 2.30. The first-order valence-electron chi connectivity index (χ1n) is 13.8. The molecule has 0 spiro atoms. The van der Waals surface area contributed by atoms with Gasteiger partial charge in [-0.3, -0.25) is 14.6 Å². The van der Waals surface area contributed by atoms with Crippen LogP contribution in [0.2, 0.25) is 5.02 Å². The number of anilines is 2. The van der Waals surface area contributed by atoms with Gasteiger partial charge in [0, 0.05) is 42.1 Å². The summed E-state index contributed by atoms with van der Waals surface area (Å²) in [4.78, 5) is 28.7. The number of carbonyl (C=O) groups is 2. The van der Waals surface area contributed by atoms with Crippen molar-refractivity contribution in [3.63, 3.8) is 0 Å². The smallest absolute Gasteiger partial charge is 0.211 e. The van der Waals surface area contributed by atoms with E-state index in [1.165, 1.54) is 6.92 Å². The summed E-state index contributed by atoms with van der Waals surface area (Å²) in [6.45, 7) is 15.3. The number of ether oxygens (including phenoxy) is 2. The number of likely N-dealkylation sites (N-methyl/N-ethyl adjacent to an activating group) is 1. The fraction of sp³-hybridized carbons (Fsp3) is 0.344. The fourth-order valence-electron chi connectivity index (χ4n) is 3.61. The number of hydrogen-bond donors (Lipinski definition) is 2. The molecule has 0 aliphatic heterocycles. The standard InChI is InChI=1S/C17H16N2O3.C13H21ClN2O.C2H6/c1-3-18-17-8-7-15(10-16(17)12(2)21)22-14-6-4-5-13(9-14)19-11-20;1-4-16(5-2)8-9-17-13-7-6-11(14)10-12(13)15-3;1-2/h3-11H,1-2H3,(H,19,20);6-7,10,15H,4-5,8-9H2,1-3H3;1-2H3. The van der Waals surface area contributed by atoms with Gasteiger partial charge in [0.2, 0.25) is 6.41 Å². The molecule has 0 saturated carbocycles. The van der Waals surface area contributed by atoms with E-state index in [0.29, 0.717) is 46.5 Å². The summed E-state index contributed by atoms with van der Waals surface area (Å²) in [5.41, 5.74) is 2.67. The van der Waals surface area contributed by atoms with Crippen molar-refractivity contribution in [3.05, 3.63) is 71.2 Å². The van der Waals surface area contributed by atoms with E-state index >= 15 is 0 Å². The zero-order chi connectivity index (χ0) is 30.6. The van der Waals surface area contributed by atoms with Gasteiger partial charge in [-0.1, -0.05) is 45.4 Å². The molecule has 2 N–H and O–H groups in total. The highest BCUT2D eigenvalue weighted by Gasteiger charge is 2.09. The third kappa shape index (κ3) is 12.4. The second-order valence-electron chi connectivity index (χ2n) is 8.28. The summed E-state index contributed by atoms with van der Waals surface area (Å²) >= 11 is 5.92. The Bertz CT molecular complexity index is 1250. The third-order valence-electron chi connectivity index (χ3n) is 5.68. The van der Waals surface area contributed by atoms with Crippen LogP contribution in [0, 0.1) is 0 Å². The van der Waals surface area contributed by atoms with Crippen molar-refractivity contribution in [3.8, 4) is 17.2 Å². The van der Waals surface area contributed by atoms with Crippen LogP contribution >= 0.6 is 11.6 Å². The first kappa shape index (κ1) is 35.1. The summed E-state index contributed by atoms with van der Waals surface area (Å²) in [5.74, 6) is 1.86. The molecule has 8 nitrogen and oxygen atoms in total. The zero-order valence-electron chi connectivity index (χ0n) is 25.2. The van der Waals surface area contributed by atoms with E-state index < -0.39 is 0 Å². The molecule has 0 atom stereocenters. The number of benzene rings is 3. The molecular weight excluding hydrogens is 540 g/mol. The van der Waals surface area contributed by atoms with Gasteiger partial charge in [-0.05, 0) is 75.5 Å². The number of carbonyl (C=O) groups excluding carboxylic acids is 2. The van der Waals surface area contributed by atoms with Crippen LogP contribution in [0.1, 0.15) is 51.9 Å². The highest BCUT2D eigenvalue weighted by atomic mass is 35.5. The van der Waals surface area contributed by atoms with Crippen molar-refractivity contribution in [1.82, 2.24) is 4.90 Å². The van der Waals surface area contributed by atoms with Crippen molar-refractivity contribution in [1.29, 1.82) is 0 Å². The van der Waals surface area contributed by atoms with Gasteiger partial charge in [-0.25, -0.2) is 0 Å². The Morgan fingerprint density at radius 2 is 1.73 bits per heavy atom. The average Bonchev–Trinajstić information content (AvgIpc) is 2.98. The van der Waals surface area contributed by atoms with Crippen LogP contribution < -0.4 is 20.1 Å². The molecule has 0 bridgehead atoms. The van der Waals surface area contributed by atoms with Crippen molar-refractivity contribution in [2.24, 2.45) is 4.99 Å². The topological polar surface area (TPSA) is 92.3 Å². The molecule has 1 amide bonds. The lowest BCUT2D eigenvalue weighted by Gasteiger charge is -2.19. The number of nitrogens with one attached hydrogen (secondary N) is 2. The van der Waals surface area contributed by atoms with Gasteiger partial charge in [0.1, 0.15) is 23.9 Å². The van der Waals surface area contributed by atoms with Crippen LogP contribution in [0.3, 0.4) is 0 Å². The predicted molar refractivity (Wildman–Crippen MR) is 172 cm³/mol. The van der Waals surface area contributed by atoms with E-state index in [4.69, 9.17) is 21.1 Å². The molecule has 0 aliphatic rings. The first-order chi connectivity index (χ1) is 19.8. The molecule has 3 aromatic carbocycles. The second-order valence-corrected chi connectivity index (χ2v) is 8.72. The molecule has 0 fully saturated rings. The molecule has 41 heavy (non-hydrogen) atoms. The van der Waals surface area contributed by atoms with Crippen LogP contribution in [0.15, 0.2) is 65.7 Å². The van der Waals surface area contributed by atoms with E-state index in [0.717, 1.165) is 31.1 Å². The molecule has 3 aromatic rings. The summed E-state index contributed by atoms with van der Waals surface area (Å²) in [6, 6.07) is 17.7. The maximum atomic E-state index is 11.7. The van der Waals surface area contributed by atoms with Gasteiger partial charge >= 0.3 is 0 Å². The quantitative estimate of drug-likeness (QED) is 0.120. The number of nitrogens with zero attached hydrogens (tertiary/aromatic N) is 2. The number of hydrogen-bond acceptors (Lipinski definition) is 7. The molecule has 0 aliphatic carbocycles. The second kappa shape index (κ2) is 20.1. The fourth-order valence-corrected chi connectivity index (χ4v) is 3.79. The Morgan fingerprint density at radius 1 is 1.02 bits per heavy atom. The minimum absolute atomic E-state index is 0.0811. The van der Waals surface area contributed by atoms with Gasteiger partial charge in [0.15, 0.2) is 5.78 Å². The van der Waals surface area contributed by atoms with E-state index in [1.54, 1.807) is 55.6 Å². The average molecular weight is 583 g/mol. The van der Waals surface area contributed by atoms with Gasteiger partial charge in [-0.2, -0.15) is 0 Å². The van der Waals surface area contributed by atoms with Crippen molar-refractivity contribution in [2.75, 3.05) is 43.9 Å². The van der Waals surface area contributed by atoms with Crippen LogP contribution in [0.5, 0.6) is 17.2 Å². The van der Waals surface area contributed by atoms with Crippen LogP contribution in [-0.2, 0) is 4.79 Å². The lowest BCUT2D eigenvalue weighted by Crippen LogP contribution is -2.28. The molecule has 0 aromatic heterocycles. The molecule has 3 rings (SSSR count). The van der Waals surface area contributed by atoms with Crippen LogP contribution in [0.4, 0.5) is 17.1 Å². The highest BCUT2D eigenvalue weighted by molar-refractivity contribution is 6.30. The molecule has 9 heteroatoms. The van der Waals surface area contributed by atoms with Gasteiger partial charge in [0.25, 0.3) is 0 Å². The Kier molecular flexibility index (Phi) is 17.2. The number of Topliss-reactive ketones (excluding diaryl/α,β-unsaturated/α-hetero) is 1. The number of aliphatic imine (C=N–C) groups is 1. The SMILES string of the molecule is CC.CC=Nc1ccc(Oc2cccc(NC=O)c2)cc1C(C)=O.CCN(CC)CCOc1ccc(Cl)cc1NC. The van der Waals surface area contributed by atoms with E-state index in [2.05, 4.69) is 34.4 Å². The minimum atomic E-state index is -0.0811. The summed E-state index contributed by atoms with van der Waals surface area (Å²) in [5, 5.41) is 6.35. The van der Waals surface area contributed by atoms with Crippen LogP contribution in [0.25, 0.3) is 0 Å². The number of amides is 1. The molecule has 0 saturated heterocycles. The largest absolute Gasteiger partial charge is 0.490 e. The third-order valence-corrected chi connectivity index (χ3v) is 5.92. The van der Waals surface area contributed by atoms with Crippen molar-refractivity contribution >= 4 is 47.1 Å². The van der Waals surface area contributed by atoms with E-state index in [1.807, 2.05) is 39.1 Å². The monoisotopic (exact) mass is 582 g/mol. The number of halogens is 1. The lowest BCUT2D eigenvalue weighted by atomic mass is 10.1. The predicted octanol–water partition coefficient (Wildman–Crippen LogP) is 8.10. The summed E-state index contributed by atoms with van der Waals surface area (Å²) in [6.07, 6.45) is 2.24. The molecule has 0 heterocycles. The Labute approximate surface area is 249 Å². The van der Waals surface area contributed by atoms with Gasteiger partial charge in [-0.15, -0.1) is 0 Å². The Balaban J connectivity index is 0.000000399. The van der Waals surface area contributed by atoms with Crippen LogP contribution in [-0.4, -0.2) is 56.6 Å². The summed E-state index contributed by atoms with van der Waals surface area (Å²) < 4.78 is 11.5. The maximum absolute atomic E-state index is 11.7. The number of rotatable bonds is 13. The molecule has 222 valence electrons.